The van der Waals surface area contributed by atoms with Gasteiger partial charge in [-0.05, 0) is 12.1 Å². The number of rotatable bonds is 1. The molecule has 0 bridgehead atoms. The molecule has 0 aromatic carbocycles. The highest BCUT2D eigenvalue weighted by molar-refractivity contribution is 6.57. The van der Waals surface area contributed by atoms with Crippen LogP contribution in [0.25, 0.3) is 0 Å². The summed E-state index contributed by atoms with van der Waals surface area (Å²) < 4.78 is 11.6. The van der Waals surface area contributed by atoms with Crippen LogP contribution in [-0.2, 0) is 0 Å². The van der Waals surface area contributed by atoms with Crippen molar-refractivity contribution < 1.29 is 4.39 Å². The molecule has 0 N–H and O–H groups in total. The molecule has 0 aliphatic carbocycles. The molecule has 0 spiro atoms. The van der Waals surface area contributed by atoms with Gasteiger partial charge in [-0.1, -0.05) is 29.3 Å². The number of halogens is 3. The maximum absolute atomic E-state index is 12.9. The van der Waals surface area contributed by atoms with E-state index in [1.54, 1.807) is 6.07 Å². The third-order valence-electron chi connectivity index (χ3n) is 1.91. The van der Waals surface area contributed by atoms with Gasteiger partial charge >= 0.3 is 0 Å². The normalized spacial score (nSPS) is 23.0. The fraction of sp³-hybridized carbons (Fsp3) is 0.222. The first-order valence-electron chi connectivity index (χ1n) is 4.16. The maximum atomic E-state index is 12.9. The van der Waals surface area contributed by atoms with Crippen LogP contribution in [0.5, 0.6) is 0 Å². The lowest BCUT2D eigenvalue weighted by molar-refractivity contribution is 0.564. The SMILES string of the molecule is Fc1cccc(C2N=CN=CC2(Cl)Cl)n1. The fourth-order valence-electron chi connectivity index (χ4n) is 1.26. The first-order valence-corrected chi connectivity index (χ1v) is 4.91. The lowest BCUT2D eigenvalue weighted by Gasteiger charge is -2.24. The molecule has 78 valence electrons. The Morgan fingerprint density at radius 1 is 1.33 bits per heavy atom. The van der Waals surface area contributed by atoms with Gasteiger partial charge in [0, 0.05) is 6.21 Å². The monoisotopic (exact) mass is 245 g/mol. The number of hydrogen-bond donors (Lipinski definition) is 0. The number of aromatic nitrogens is 1. The highest BCUT2D eigenvalue weighted by Crippen LogP contribution is 2.37. The average Bonchev–Trinajstić information content (AvgIpc) is 2.17. The first kappa shape index (κ1) is 10.5. The van der Waals surface area contributed by atoms with Gasteiger partial charge in [0.05, 0.1) is 5.69 Å². The van der Waals surface area contributed by atoms with E-state index in [1.165, 1.54) is 24.7 Å². The van der Waals surface area contributed by atoms with E-state index in [0.717, 1.165) is 0 Å². The average molecular weight is 246 g/mol. The van der Waals surface area contributed by atoms with Crippen LogP contribution < -0.4 is 0 Å². The zero-order valence-corrected chi connectivity index (χ0v) is 8.95. The number of aliphatic imine (C=N–C) groups is 2. The second-order valence-corrected chi connectivity index (χ2v) is 4.45. The molecule has 1 unspecified atom stereocenters. The molecule has 3 nitrogen and oxygen atoms in total. The summed E-state index contributed by atoms with van der Waals surface area (Å²) in [7, 11) is 0. The molecular weight excluding hydrogens is 240 g/mol. The van der Waals surface area contributed by atoms with E-state index >= 15 is 0 Å². The number of nitrogens with zero attached hydrogens (tertiary/aromatic N) is 3. The predicted molar refractivity (Wildman–Crippen MR) is 58.4 cm³/mol. The molecule has 1 atom stereocenters. The Labute approximate surface area is 95.7 Å². The van der Waals surface area contributed by atoms with Crippen molar-refractivity contribution in [3.05, 3.63) is 29.8 Å². The highest BCUT2D eigenvalue weighted by atomic mass is 35.5. The zero-order valence-electron chi connectivity index (χ0n) is 7.44. The van der Waals surface area contributed by atoms with Crippen LogP contribution in [-0.4, -0.2) is 21.9 Å². The molecule has 0 saturated heterocycles. The van der Waals surface area contributed by atoms with Crippen molar-refractivity contribution in [2.75, 3.05) is 0 Å². The van der Waals surface area contributed by atoms with Gasteiger partial charge in [-0.15, -0.1) is 0 Å². The first-order chi connectivity index (χ1) is 7.09. The minimum Gasteiger partial charge on any atom is -0.260 e. The van der Waals surface area contributed by atoms with Crippen LogP contribution >= 0.6 is 23.2 Å². The van der Waals surface area contributed by atoms with E-state index in [4.69, 9.17) is 23.2 Å². The van der Waals surface area contributed by atoms with E-state index < -0.39 is 16.3 Å². The van der Waals surface area contributed by atoms with Gasteiger partial charge in [-0.25, -0.2) is 9.98 Å². The Hall–Kier alpha value is -1.00. The smallest absolute Gasteiger partial charge is 0.213 e. The molecule has 1 aliphatic heterocycles. The Morgan fingerprint density at radius 2 is 2.13 bits per heavy atom. The second-order valence-electron chi connectivity index (χ2n) is 3.00. The summed E-state index contributed by atoms with van der Waals surface area (Å²) in [6.45, 7) is 0. The van der Waals surface area contributed by atoms with Crippen molar-refractivity contribution >= 4 is 35.8 Å². The summed E-state index contributed by atoms with van der Waals surface area (Å²) in [5.41, 5.74) is 0.377. The largest absolute Gasteiger partial charge is 0.260 e. The van der Waals surface area contributed by atoms with E-state index in [1.807, 2.05) is 0 Å². The van der Waals surface area contributed by atoms with Crippen molar-refractivity contribution in [2.45, 2.75) is 10.4 Å². The minimum atomic E-state index is -1.28. The van der Waals surface area contributed by atoms with Crippen molar-refractivity contribution in [1.29, 1.82) is 0 Å². The Balaban J connectivity index is 2.39. The van der Waals surface area contributed by atoms with Gasteiger partial charge in [-0.3, -0.25) is 4.99 Å². The summed E-state index contributed by atoms with van der Waals surface area (Å²) in [5.74, 6) is -0.589. The quantitative estimate of drug-likeness (QED) is 0.554. The second kappa shape index (κ2) is 3.87. The minimum absolute atomic E-state index is 0.377. The predicted octanol–water partition coefficient (Wildman–Crippen LogP) is 2.55. The molecule has 0 fully saturated rings. The van der Waals surface area contributed by atoms with Crippen LogP contribution in [0.2, 0.25) is 0 Å². The van der Waals surface area contributed by atoms with Crippen molar-refractivity contribution in [1.82, 2.24) is 4.98 Å². The van der Waals surface area contributed by atoms with Crippen molar-refractivity contribution in [3.63, 3.8) is 0 Å². The molecule has 0 amide bonds. The summed E-state index contributed by atoms with van der Waals surface area (Å²) in [5, 5.41) is 0. The fourth-order valence-corrected chi connectivity index (χ4v) is 1.71. The summed E-state index contributed by atoms with van der Waals surface area (Å²) in [4.78, 5) is 11.4. The number of pyridine rings is 1. The maximum Gasteiger partial charge on any atom is 0.213 e. The van der Waals surface area contributed by atoms with Crippen molar-refractivity contribution in [3.8, 4) is 0 Å². The standard InChI is InChI=1S/C9H6Cl2FN3/c10-9(11)4-13-5-14-8(9)6-2-1-3-7(12)15-6/h1-5,8H. The Bertz CT molecular complexity index is 431. The van der Waals surface area contributed by atoms with Crippen molar-refractivity contribution in [2.24, 2.45) is 9.98 Å². The third kappa shape index (κ3) is 2.16. The number of hydrogen-bond acceptors (Lipinski definition) is 3. The van der Waals surface area contributed by atoms with Gasteiger partial charge < -0.3 is 0 Å². The lowest BCUT2D eigenvalue weighted by Crippen LogP contribution is -2.27. The van der Waals surface area contributed by atoms with Gasteiger partial charge in [-0.2, -0.15) is 4.39 Å². The van der Waals surface area contributed by atoms with E-state index in [0.29, 0.717) is 5.69 Å². The lowest BCUT2D eigenvalue weighted by atomic mass is 10.1. The summed E-state index contributed by atoms with van der Waals surface area (Å²) in [6.07, 6.45) is 2.67. The molecule has 1 aromatic heterocycles. The zero-order chi connectivity index (χ0) is 10.9. The number of alkyl halides is 2. The molecule has 0 saturated carbocycles. The van der Waals surface area contributed by atoms with Gasteiger partial charge in [0.25, 0.3) is 0 Å². The molecule has 15 heavy (non-hydrogen) atoms. The van der Waals surface area contributed by atoms with E-state index in [-0.39, 0.29) is 0 Å². The summed E-state index contributed by atoms with van der Waals surface area (Å²) in [6, 6.07) is 3.76. The molecule has 1 aromatic rings. The van der Waals surface area contributed by atoms with Crippen LogP contribution in [0.3, 0.4) is 0 Å². The van der Waals surface area contributed by atoms with Crippen LogP contribution in [0.4, 0.5) is 4.39 Å². The molecular formula is C9H6Cl2FN3. The van der Waals surface area contributed by atoms with Crippen LogP contribution in [0, 0.1) is 5.95 Å². The highest BCUT2D eigenvalue weighted by Gasteiger charge is 2.36. The van der Waals surface area contributed by atoms with Gasteiger partial charge in [0.1, 0.15) is 12.4 Å². The Morgan fingerprint density at radius 3 is 2.80 bits per heavy atom. The molecule has 2 rings (SSSR count). The molecule has 0 radical (unpaired) electrons. The molecule has 6 heteroatoms. The third-order valence-corrected chi connectivity index (χ3v) is 2.52. The van der Waals surface area contributed by atoms with Gasteiger partial charge in [0.2, 0.25) is 5.95 Å². The molecule has 2 heterocycles. The topological polar surface area (TPSA) is 37.6 Å². The van der Waals surface area contributed by atoms with Crippen LogP contribution in [0.1, 0.15) is 11.7 Å². The van der Waals surface area contributed by atoms with E-state index in [9.17, 15) is 4.39 Å². The van der Waals surface area contributed by atoms with E-state index in [2.05, 4.69) is 15.0 Å². The van der Waals surface area contributed by atoms with Gasteiger partial charge in [0.15, 0.2) is 4.33 Å². The van der Waals surface area contributed by atoms with Crippen LogP contribution in [0.15, 0.2) is 28.2 Å². The Kier molecular flexibility index (Phi) is 2.71. The molecule has 1 aliphatic rings. The summed E-state index contributed by atoms with van der Waals surface area (Å²) >= 11 is 11.9.